The third-order valence-electron chi connectivity index (χ3n) is 13.5. The second kappa shape index (κ2) is 57.7. The van der Waals surface area contributed by atoms with E-state index in [-0.39, 0.29) is 18.5 Å². The highest BCUT2D eigenvalue weighted by Gasteiger charge is 2.17. The molecular formula is C61H116O5. The topological polar surface area (TPSA) is 61.8 Å². The summed E-state index contributed by atoms with van der Waals surface area (Å²) in [4.78, 5) is 25.5. The summed E-state index contributed by atoms with van der Waals surface area (Å²) in [6, 6.07) is 0. The third kappa shape index (κ3) is 55.0. The van der Waals surface area contributed by atoms with E-state index in [9.17, 15) is 9.59 Å². The van der Waals surface area contributed by atoms with Gasteiger partial charge in [-0.25, -0.2) is 0 Å². The fourth-order valence-corrected chi connectivity index (χ4v) is 9.02. The number of hydrogen-bond acceptors (Lipinski definition) is 5. The smallest absolute Gasteiger partial charge is 0.306 e. The van der Waals surface area contributed by atoms with Gasteiger partial charge in [-0.05, 0) is 44.9 Å². The van der Waals surface area contributed by atoms with E-state index in [1.807, 2.05) is 0 Å². The monoisotopic (exact) mass is 929 g/mol. The highest BCUT2D eigenvalue weighted by molar-refractivity contribution is 5.70. The van der Waals surface area contributed by atoms with Crippen molar-refractivity contribution in [1.29, 1.82) is 0 Å². The van der Waals surface area contributed by atoms with Crippen LogP contribution in [-0.2, 0) is 23.8 Å². The highest BCUT2D eigenvalue weighted by Crippen LogP contribution is 2.17. The third-order valence-corrected chi connectivity index (χ3v) is 13.5. The lowest BCUT2D eigenvalue weighted by molar-refractivity contribution is -0.163. The van der Waals surface area contributed by atoms with Gasteiger partial charge in [-0.2, -0.15) is 0 Å². The Morgan fingerprint density at radius 3 is 1.06 bits per heavy atom. The fraction of sp³-hybridized carbons (Fsp3) is 0.902. The second-order valence-electron chi connectivity index (χ2n) is 20.3. The summed E-state index contributed by atoms with van der Waals surface area (Å²) in [7, 11) is 0. The molecule has 0 aromatic rings. The van der Waals surface area contributed by atoms with E-state index in [1.54, 1.807) is 0 Å². The van der Waals surface area contributed by atoms with Crippen molar-refractivity contribution >= 4 is 11.9 Å². The molecule has 0 saturated carbocycles. The van der Waals surface area contributed by atoms with Crippen LogP contribution in [0.4, 0.5) is 0 Å². The summed E-state index contributed by atoms with van der Waals surface area (Å²) in [6.45, 7) is 7.83. The average molecular weight is 930 g/mol. The van der Waals surface area contributed by atoms with Crippen molar-refractivity contribution in [1.82, 2.24) is 0 Å². The molecule has 5 nitrogen and oxygen atoms in total. The first kappa shape index (κ1) is 64.4. The van der Waals surface area contributed by atoms with Gasteiger partial charge < -0.3 is 14.2 Å². The van der Waals surface area contributed by atoms with Gasteiger partial charge in [-0.1, -0.05) is 295 Å². The number of allylic oxidation sites excluding steroid dienone is 4. The molecule has 0 amide bonds. The van der Waals surface area contributed by atoms with Crippen LogP contribution in [-0.4, -0.2) is 37.9 Å². The number of esters is 2. The van der Waals surface area contributed by atoms with E-state index in [2.05, 4.69) is 45.1 Å². The van der Waals surface area contributed by atoms with Crippen LogP contribution in [0.3, 0.4) is 0 Å². The maximum Gasteiger partial charge on any atom is 0.306 e. The lowest BCUT2D eigenvalue weighted by Crippen LogP contribution is -2.30. The Hall–Kier alpha value is -1.62. The van der Waals surface area contributed by atoms with Crippen molar-refractivity contribution in [2.24, 2.45) is 0 Å². The van der Waals surface area contributed by atoms with E-state index < -0.39 is 6.10 Å². The molecule has 0 heterocycles. The first-order valence-electron chi connectivity index (χ1n) is 29.9. The molecule has 66 heavy (non-hydrogen) atoms. The van der Waals surface area contributed by atoms with Crippen LogP contribution in [0.5, 0.6) is 0 Å². The molecule has 0 radical (unpaired) electrons. The largest absolute Gasteiger partial charge is 0.462 e. The van der Waals surface area contributed by atoms with Crippen LogP contribution in [0.15, 0.2) is 24.3 Å². The number of carbonyl (C=O) groups excluding carboxylic acids is 2. The first-order valence-corrected chi connectivity index (χ1v) is 29.9. The van der Waals surface area contributed by atoms with Gasteiger partial charge in [-0.3, -0.25) is 9.59 Å². The van der Waals surface area contributed by atoms with Gasteiger partial charge in [0.2, 0.25) is 0 Å². The normalized spacial score (nSPS) is 12.2. The van der Waals surface area contributed by atoms with E-state index in [1.165, 1.54) is 244 Å². The van der Waals surface area contributed by atoms with Gasteiger partial charge in [0.05, 0.1) is 6.61 Å². The van der Waals surface area contributed by atoms with E-state index >= 15 is 0 Å². The predicted molar refractivity (Wildman–Crippen MR) is 289 cm³/mol. The van der Waals surface area contributed by atoms with Crippen LogP contribution < -0.4 is 0 Å². The molecule has 0 aromatic heterocycles. The van der Waals surface area contributed by atoms with Gasteiger partial charge >= 0.3 is 11.9 Å². The summed E-state index contributed by atoms with van der Waals surface area (Å²) in [5, 5.41) is 0. The summed E-state index contributed by atoms with van der Waals surface area (Å²) < 4.78 is 17.5. The standard InChI is InChI=1S/C61H116O5/c1-4-7-10-13-16-19-22-25-27-29-31-32-34-37-39-42-45-48-51-54-60(62)65-58-59(66-61(63)55-52-49-46-43-40-36-24-21-18-15-12-9-6-3)57-64-56-53-50-47-44-41-38-35-33-30-28-26-23-20-17-14-11-8-5-2/h12,15,21,24,59H,4-11,13-14,16-20,22-23,25-58H2,1-3H3/b15-12-,24-21-. The Kier molecular flexibility index (Phi) is 56.3. The Balaban J connectivity index is 4.18. The molecule has 1 unspecified atom stereocenters. The van der Waals surface area contributed by atoms with Gasteiger partial charge in [-0.15, -0.1) is 0 Å². The Morgan fingerprint density at radius 1 is 0.333 bits per heavy atom. The molecule has 0 rings (SSSR count). The van der Waals surface area contributed by atoms with Crippen molar-refractivity contribution in [2.75, 3.05) is 19.8 Å². The summed E-state index contributed by atoms with van der Waals surface area (Å²) in [5.41, 5.74) is 0. The van der Waals surface area contributed by atoms with Crippen molar-refractivity contribution < 1.29 is 23.8 Å². The Morgan fingerprint density at radius 2 is 0.667 bits per heavy atom. The minimum Gasteiger partial charge on any atom is -0.462 e. The minimum absolute atomic E-state index is 0.0880. The van der Waals surface area contributed by atoms with Crippen molar-refractivity contribution in [2.45, 2.75) is 335 Å². The van der Waals surface area contributed by atoms with Crippen LogP contribution in [0.25, 0.3) is 0 Å². The zero-order valence-electron chi connectivity index (χ0n) is 45.0. The molecule has 0 fully saturated rings. The number of ether oxygens (including phenoxy) is 3. The van der Waals surface area contributed by atoms with Crippen LogP contribution in [0.2, 0.25) is 0 Å². The van der Waals surface area contributed by atoms with Gasteiger partial charge in [0.25, 0.3) is 0 Å². The molecule has 1 atom stereocenters. The van der Waals surface area contributed by atoms with Crippen molar-refractivity contribution in [3.05, 3.63) is 24.3 Å². The van der Waals surface area contributed by atoms with Crippen molar-refractivity contribution in [3.63, 3.8) is 0 Å². The van der Waals surface area contributed by atoms with E-state index in [0.717, 1.165) is 51.4 Å². The zero-order valence-corrected chi connectivity index (χ0v) is 45.0. The first-order chi connectivity index (χ1) is 32.6. The molecule has 5 heteroatoms. The fourth-order valence-electron chi connectivity index (χ4n) is 9.02. The minimum atomic E-state index is -0.536. The SMILES string of the molecule is CCC/C=C\C/C=C\CCCCCCCC(=O)OC(COCCCCCCCCCCCCCCCCCCCC)COC(=O)CCCCCCCCCCCCCCCCCCCCC. The molecule has 0 aliphatic rings. The number of unbranched alkanes of at least 4 members (excludes halogenated alkanes) is 41. The summed E-state index contributed by atoms with van der Waals surface area (Å²) in [6.07, 6.45) is 69.2. The number of rotatable bonds is 56. The van der Waals surface area contributed by atoms with Crippen LogP contribution in [0, 0.1) is 0 Å². The molecule has 0 aromatic carbocycles. The average Bonchev–Trinajstić information content (AvgIpc) is 3.32. The lowest BCUT2D eigenvalue weighted by atomic mass is 10.0. The molecule has 0 spiro atoms. The lowest BCUT2D eigenvalue weighted by Gasteiger charge is -2.18. The van der Waals surface area contributed by atoms with Crippen LogP contribution >= 0.6 is 0 Å². The summed E-state index contributed by atoms with van der Waals surface area (Å²) >= 11 is 0. The quantitative estimate of drug-likeness (QED) is 0.0345. The molecule has 0 aliphatic carbocycles. The number of carbonyl (C=O) groups is 2. The van der Waals surface area contributed by atoms with Gasteiger partial charge in [0.15, 0.2) is 6.10 Å². The molecule has 0 saturated heterocycles. The number of hydrogen-bond donors (Lipinski definition) is 0. The molecule has 390 valence electrons. The Bertz CT molecular complexity index is 1010. The molecule has 0 aliphatic heterocycles. The van der Waals surface area contributed by atoms with E-state index in [0.29, 0.717) is 26.1 Å². The molecular weight excluding hydrogens is 813 g/mol. The summed E-state index contributed by atoms with van der Waals surface area (Å²) in [5.74, 6) is -0.389. The second-order valence-corrected chi connectivity index (χ2v) is 20.3. The van der Waals surface area contributed by atoms with Crippen LogP contribution in [0.1, 0.15) is 329 Å². The van der Waals surface area contributed by atoms with E-state index in [4.69, 9.17) is 14.2 Å². The maximum atomic E-state index is 12.8. The van der Waals surface area contributed by atoms with Gasteiger partial charge in [0.1, 0.15) is 6.61 Å². The Labute approximate surface area is 413 Å². The van der Waals surface area contributed by atoms with Gasteiger partial charge in [0, 0.05) is 19.4 Å². The zero-order chi connectivity index (χ0) is 47.7. The van der Waals surface area contributed by atoms with Crippen molar-refractivity contribution in [3.8, 4) is 0 Å². The highest BCUT2D eigenvalue weighted by atomic mass is 16.6. The maximum absolute atomic E-state index is 12.8. The predicted octanol–water partition coefficient (Wildman–Crippen LogP) is 20.4. The molecule has 0 bridgehead atoms. The molecule has 0 N–H and O–H groups in total.